The minimum atomic E-state index is -3.75. The van der Waals surface area contributed by atoms with Gasteiger partial charge in [0.2, 0.25) is 0 Å². The van der Waals surface area contributed by atoms with Crippen LogP contribution in [0.5, 0.6) is 0 Å². The van der Waals surface area contributed by atoms with E-state index in [-0.39, 0.29) is 4.90 Å². The Morgan fingerprint density at radius 2 is 2.00 bits per heavy atom. The van der Waals surface area contributed by atoms with E-state index >= 15 is 0 Å². The minimum Gasteiger partial charge on any atom is -0.306 e. The van der Waals surface area contributed by atoms with E-state index in [4.69, 9.17) is 0 Å². The van der Waals surface area contributed by atoms with Crippen LogP contribution in [0.25, 0.3) is 0 Å². The van der Waals surface area contributed by atoms with Gasteiger partial charge in [-0.15, -0.1) is 0 Å². The lowest BCUT2D eigenvalue weighted by molar-refractivity contribution is -0.121. The number of nitrogens with one attached hydrogen (secondary N) is 2. The van der Waals surface area contributed by atoms with Gasteiger partial charge in [-0.3, -0.25) is 4.79 Å². The summed E-state index contributed by atoms with van der Waals surface area (Å²) >= 11 is 0. The number of aryl methyl sites for hydroxylation is 1. The Kier molecular flexibility index (Phi) is 3.68. The minimum absolute atomic E-state index is 0.111. The Morgan fingerprint density at radius 1 is 1.33 bits per heavy atom. The molecule has 0 radical (unpaired) electrons. The van der Waals surface area contributed by atoms with Crippen LogP contribution < -0.4 is 10.0 Å². The third-order valence-corrected chi connectivity index (χ3v) is 4.31. The molecule has 18 heavy (non-hydrogen) atoms. The lowest BCUT2D eigenvalue weighted by Gasteiger charge is -2.11. The van der Waals surface area contributed by atoms with Gasteiger partial charge in [0, 0.05) is 0 Å². The maximum atomic E-state index is 12.0. The van der Waals surface area contributed by atoms with Crippen molar-refractivity contribution in [1.29, 1.82) is 0 Å². The number of carbonyl (C=O) groups excluding carboxylic acids is 1. The SMILES string of the molecule is Cc1ccc(S(=O)(=O)NC(=O)[C@H]2CCCN2)cc1. The third-order valence-electron chi connectivity index (χ3n) is 2.94. The van der Waals surface area contributed by atoms with Crippen LogP contribution in [0.15, 0.2) is 29.2 Å². The Hall–Kier alpha value is -1.40. The quantitative estimate of drug-likeness (QED) is 0.839. The molecule has 1 heterocycles. The van der Waals surface area contributed by atoms with Crippen molar-refractivity contribution < 1.29 is 13.2 Å². The number of rotatable bonds is 3. The molecule has 1 aliphatic rings. The van der Waals surface area contributed by atoms with Crippen LogP contribution in [0.4, 0.5) is 0 Å². The average molecular weight is 268 g/mol. The molecule has 0 spiro atoms. The van der Waals surface area contributed by atoms with Crippen molar-refractivity contribution in [3.8, 4) is 0 Å². The van der Waals surface area contributed by atoms with Crippen LogP contribution >= 0.6 is 0 Å². The van der Waals surface area contributed by atoms with Crippen LogP contribution in [0, 0.1) is 6.92 Å². The second-order valence-electron chi connectivity index (χ2n) is 4.43. The first-order valence-corrected chi connectivity index (χ1v) is 7.34. The Morgan fingerprint density at radius 3 is 2.56 bits per heavy atom. The van der Waals surface area contributed by atoms with Crippen molar-refractivity contribution in [3.05, 3.63) is 29.8 Å². The standard InChI is InChI=1S/C12H16N2O3S/c1-9-4-6-10(7-5-9)18(16,17)14-12(15)11-3-2-8-13-11/h4-7,11,13H,2-3,8H2,1H3,(H,14,15)/t11-/m1/s1. The van der Waals surface area contributed by atoms with Crippen molar-refractivity contribution in [3.63, 3.8) is 0 Å². The highest BCUT2D eigenvalue weighted by Gasteiger charge is 2.26. The predicted molar refractivity (Wildman–Crippen MR) is 67.5 cm³/mol. The molecule has 2 rings (SSSR count). The van der Waals surface area contributed by atoms with Gasteiger partial charge in [0.05, 0.1) is 10.9 Å². The summed E-state index contributed by atoms with van der Waals surface area (Å²) < 4.78 is 26.0. The van der Waals surface area contributed by atoms with Gasteiger partial charge in [-0.1, -0.05) is 17.7 Å². The fourth-order valence-corrected chi connectivity index (χ4v) is 2.91. The van der Waals surface area contributed by atoms with Gasteiger partial charge >= 0.3 is 0 Å². The zero-order valence-corrected chi connectivity index (χ0v) is 11.0. The van der Waals surface area contributed by atoms with Gasteiger partial charge < -0.3 is 5.32 Å². The van der Waals surface area contributed by atoms with Crippen LogP contribution in [-0.4, -0.2) is 26.9 Å². The zero-order chi connectivity index (χ0) is 13.2. The molecule has 1 aromatic rings. The first-order valence-electron chi connectivity index (χ1n) is 5.86. The first-order chi connectivity index (χ1) is 8.49. The lowest BCUT2D eigenvalue weighted by Crippen LogP contribution is -2.43. The molecule has 98 valence electrons. The van der Waals surface area contributed by atoms with Gasteiger partial charge in [-0.25, -0.2) is 13.1 Å². The molecule has 1 amide bonds. The molecule has 1 aromatic carbocycles. The van der Waals surface area contributed by atoms with Gasteiger partial charge in [-0.2, -0.15) is 0 Å². The molecule has 0 bridgehead atoms. The smallest absolute Gasteiger partial charge is 0.264 e. The summed E-state index contributed by atoms with van der Waals surface area (Å²) in [6.45, 7) is 2.63. The number of hydrogen-bond donors (Lipinski definition) is 2. The molecule has 0 aromatic heterocycles. The van der Waals surface area contributed by atoms with E-state index in [9.17, 15) is 13.2 Å². The largest absolute Gasteiger partial charge is 0.306 e. The maximum absolute atomic E-state index is 12.0. The van der Waals surface area contributed by atoms with Crippen molar-refractivity contribution >= 4 is 15.9 Å². The topological polar surface area (TPSA) is 75.3 Å². The zero-order valence-electron chi connectivity index (χ0n) is 10.1. The second-order valence-corrected chi connectivity index (χ2v) is 6.11. The summed E-state index contributed by atoms with van der Waals surface area (Å²) in [5.41, 5.74) is 0.970. The molecule has 0 aliphatic carbocycles. The molecular formula is C12H16N2O3S. The highest BCUT2D eigenvalue weighted by molar-refractivity contribution is 7.90. The van der Waals surface area contributed by atoms with Gasteiger partial charge in [-0.05, 0) is 38.4 Å². The molecular weight excluding hydrogens is 252 g/mol. The van der Waals surface area contributed by atoms with Crippen LogP contribution in [0.1, 0.15) is 18.4 Å². The predicted octanol–water partition coefficient (Wildman–Crippen LogP) is 0.552. The van der Waals surface area contributed by atoms with E-state index in [1.807, 2.05) is 6.92 Å². The average Bonchev–Trinajstić information content (AvgIpc) is 2.82. The third kappa shape index (κ3) is 2.88. The van der Waals surface area contributed by atoms with E-state index in [1.54, 1.807) is 12.1 Å². The van der Waals surface area contributed by atoms with Crippen molar-refractivity contribution in [2.75, 3.05) is 6.54 Å². The first kappa shape index (κ1) is 13.0. The summed E-state index contributed by atoms with van der Waals surface area (Å²) in [6.07, 6.45) is 1.57. The number of sulfonamides is 1. The van der Waals surface area contributed by atoms with Crippen LogP contribution in [0.2, 0.25) is 0 Å². The van der Waals surface area contributed by atoms with E-state index in [0.29, 0.717) is 6.42 Å². The highest BCUT2D eigenvalue weighted by Crippen LogP contribution is 2.11. The van der Waals surface area contributed by atoms with Crippen molar-refractivity contribution in [2.45, 2.75) is 30.7 Å². The van der Waals surface area contributed by atoms with Crippen molar-refractivity contribution in [1.82, 2.24) is 10.0 Å². The second kappa shape index (κ2) is 5.07. The Bertz CT molecular complexity index is 531. The molecule has 6 heteroatoms. The van der Waals surface area contributed by atoms with Gasteiger partial charge in [0.1, 0.15) is 0 Å². The summed E-state index contributed by atoms with van der Waals surface area (Å²) in [6, 6.07) is 5.99. The number of hydrogen-bond acceptors (Lipinski definition) is 4. The highest BCUT2D eigenvalue weighted by atomic mass is 32.2. The van der Waals surface area contributed by atoms with E-state index < -0.39 is 22.0 Å². The fourth-order valence-electron chi connectivity index (χ4n) is 1.89. The van der Waals surface area contributed by atoms with Gasteiger partial charge in [0.15, 0.2) is 0 Å². The van der Waals surface area contributed by atoms with Gasteiger partial charge in [0.25, 0.3) is 15.9 Å². The summed E-state index contributed by atoms with van der Waals surface area (Å²) in [7, 11) is -3.75. The lowest BCUT2D eigenvalue weighted by atomic mass is 10.2. The molecule has 1 fully saturated rings. The number of benzene rings is 1. The molecule has 1 saturated heterocycles. The number of carbonyl (C=O) groups is 1. The van der Waals surface area contributed by atoms with Crippen LogP contribution in [-0.2, 0) is 14.8 Å². The molecule has 2 N–H and O–H groups in total. The van der Waals surface area contributed by atoms with Crippen molar-refractivity contribution in [2.24, 2.45) is 0 Å². The molecule has 0 unspecified atom stereocenters. The Balaban J connectivity index is 2.11. The van der Waals surface area contributed by atoms with E-state index in [0.717, 1.165) is 18.5 Å². The summed E-state index contributed by atoms with van der Waals surface area (Å²) in [5, 5.41) is 2.96. The molecule has 1 atom stereocenters. The Labute approximate surface area is 107 Å². The molecule has 5 nitrogen and oxygen atoms in total. The maximum Gasteiger partial charge on any atom is 0.264 e. The normalized spacial score (nSPS) is 19.7. The molecule has 0 saturated carbocycles. The fraction of sp³-hybridized carbons (Fsp3) is 0.417. The monoisotopic (exact) mass is 268 g/mol. The number of amides is 1. The van der Waals surface area contributed by atoms with E-state index in [1.165, 1.54) is 12.1 Å². The van der Waals surface area contributed by atoms with Crippen LogP contribution in [0.3, 0.4) is 0 Å². The summed E-state index contributed by atoms with van der Waals surface area (Å²) in [4.78, 5) is 11.9. The summed E-state index contributed by atoms with van der Waals surface area (Å²) in [5.74, 6) is -0.479. The van der Waals surface area contributed by atoms with E-state index in [2.05, 4.69) is 10.0 Å². The molecule has 1 aliphatic heterocycles.